The summed E-state index contributed by atoms with van der Waals surface area (Å²) in [7, 11) is 1.68. The van der Waals surface area contributed by atoms with E-state index in [2.05, 4.69) is 0 Å². The minimum absolute atomic E-state index is 0.104. The molecule has 1 amide bonds. The summed E-state index contributed by atoms with van der Waals surface area (Å²) < 4.78 is 0. The molecule has 110 valence electrons. The summed E-state index contributed by atoms with van der Waals surface area (Å²) in [6.07, 6.45) is 0.819. The summed E-state index contributed by atoms with van der Waals surface area (Å²) in [5.41, 5.74) is 0.987. The van der Waals surface area contributed by atoms with E-state index in [0.29, 0.717) is 21.2 Å². The van der Waals surface area contributed by atoms with Crippen molar-refractivity contribution in [1.29, 1.82) is 0 Å². The number of halogens is 1. The average molecular weight is 322 g/mol. The van der Waals surface area contributed by atoms with Crippen molar-refractivity contribution in [3.05, 3.63) is 51.4 Å². The van der Waals surface area contributed by atoms with E-state index < -0.39 is 0 Å². The zero-order valence-corrected chi connectivity index (χ0v) is 13.7. The standard InChI is InChI=1S/C16H16ClNO2S/c1-4-11-9-13(16(21-11)18(3)10(2)19)15(20)12-7-5-6-8-14(12)17/h5-9H,4H2,1-3H3. The van der Waals surface area contributed by atoms with Crippen LogP contribution in [0.2, 0.25) is 5.02 Å². The normalized spacial score (nSPS) is 10.5. The zero-order chi connectivity index (χ0) is 15.6. The highest BCUT2D eigenvalue weighted by Crippen LogP contribution is 2.34. The number of amides is 1. The number of nitrogens with zero attached hydrogens (tertiary/aromatic N) is 1. The van der Waals surface area contributed by atoms with Gasteiger partial charge in [0.25, 0.3) is 0 Å². The molecule has 0 aliphatic heterocycles. The second-order valence-corrected chi connectivity index (χ2v) is 6.19. The fourth-order valence-electron chi connectivity index (χ4n) is 1.95. The van der Waals surface area contributed by atoms with E-state index in [1.165, 1.54) is 23.2 Å². The monoisotopic (exact) mass is 321 g/mol. The fraction of sp³-hybridized carbons (Fsp3) is 0.250. The molecule has 0 N–H and O–H groups in total. The third-order valence-electron chi connectivity index (χ3n) is 3.25. The Kier molecular flexibility index (Phi) is 4.80. The van der Waals surface area contributed by atoms with Gasteiger partial charge in [-0.25, -0.2) is 0 Å². The molecule has 3 nitrogen and oxygen atoms in total. The van der Waals surface area contributed by atoms with Crippen LogP contribution in [-0.2, 0) is 11.2 Å². The van der Waals surface area contributed by atoms with Gasteiger partial charge in [0.05, 0.1) is 10.6 Å². The molecule has 2 rings (SSSR count). The minimum atomic E-state index is -0.153. The van der Waals surface area contributed by atoms with Crippen molar-refractivity contribution in [2.24, 2.45) is 0 Å². The van der Waals surface area contributed by atoms with Gasteiger partial charge in [0.2, 0.25) is 5.91 Å². The number of rotatable bonds is 4. The molecule has 1 heterocycles. The van der Waals surface area contributed by atoms with Crippen molar-refractivity contribution in [1.82, 2.24) is 0 Å². The van der Waals surface area contributed by atoms with E-state index >= 15 is 0 Å². The summed E-state index contributed by atoms with van der Waals surface area (Å²) in [5.74, 6) is -0.257. The third-order valence-corrected chi connectivity index (χ3v) is 4.94. The number of aryl methyl sites for hydroxylation is 1. The third kappa shape index (κ3) is 3.17. The van der Waals surface area contributed by atoms with E-state index in [1.807, 2.05) is 13.0 Å². The maximum absolute atomic E-state index is 12.7. The van der Waals surface area contributed by atoms with Crippen molar-refractivity contribution >= 4 is 39.6 Å². The smallest absolute Gasteiger partial charge is 0.224 e. The Hall–Kier alpha value is -1.65. The molecule has 0 saturated heterocycles. The Balaban J connectivity index is 2.53. The van der Waals surface area contributed by atoms with Crippen molar-refractivity contribution in [3.63, 3.8) is 0 Å². The molecule has 1 aromatic heterocycles. The Morgan fingerprint density at radius 3 is 2.48 bits per heavy atom. The predicted octanol–water partition coefficient (Wildman–Crippen LogP) is 4.18. The van der Waals surface area contributed by atoms with Gasteiger partial charge in [-0.2, -0.15) is 0 Å². The molecule has 0 spiro atoms. The quantitative estimate of drug-likeness (QED) is 0.792. The highest BCUT2D eigenvalue weighted by Gasteiger charge is 2.22. The molecule has 21 heavy (non-hydrogen) atoms. The number of hydrogen-bond acceptors (Lipinski definition) is 3. The molecule has 0 fully saturated rings. The molecule has 0 saturated carbocycles. The number of hydrogen-bond donors (Lipinski definition) is 0. The van der Waals surface area contributed by atoms with Crippen LogP contribution in [0.5, 0.6) is 0 Å². The summed E-state index contributed by atoms with van der Waals surface area (Å²) in [6.45, 7) is 3.50. The van der Waals surface area contributed by atoms with Gasteiger partial charge in [-0.3, -0.25) is 9.59 Å². The van der Waals surface area contributed by atoms with Gasteiger partial charge in [-0.1, -0.05) is 30.7 Å². The van der Waals surface area contributed by atoms with Crippen LogP contribution < -0.4 is 4.90 Å². The molecule has 1 aromatic carbocycles. The van der Waals surface area contributed by atoms with E-state index in [-0.39, 0.29) is 11.7 Å². The Labute approximate surface area is 133 Å². The lowest BCUT2D eigenvalue weighted by Crippen LogP contribution is -2.23. The van der Waals surface area contributed by atoms with Gasteiger partial charge in [0.15, 0.2) is 5.78 Å². The van der Waals surface area contributed by atoms with E-state index in [9.17, 15) is 9.59 Å². The molecule has 0 aliphatic rings. The largest absolute Gasteiger partial charge is 0.307 e. The van der Waals surface area contributed by atoms with Gasteiger partial charge in [-0.15, -0.1) is 11.3 Å². The maximum atomic E-state index is 12.7. The second kappa shape index (κ2) is 6.41. The topological polar surface area (TPSA) is 37.4 Å². The summed E-state index contributed by atoms with van der Waals surface area (Å²) in [4.78, 5) is 26.9. The zero-order valence-electron chi connectivity index (χ0n) is 12.1. The van der Waals surface area contributed by atoms with Gasteiger partial charge < -0.3 is 4.90 Å². The van der Waals surface area contributed by atoms with Crippen molar-refractivity contribution in [2.45, 2.75) is 20.3 Å². The first-order valence-electron chi connectivity index (χ1n) is 6.62. The lowest BCUT2D eigenvalue weighted by atomic mass is 10.0. The van der Waals surface area contributed by atoms with Crippen LogP contribution in [0.4, 0.5) is 5.00 Å². The van der Waals surface area contributed by atoms with Crippen molar-refractivity contribution < 1.29 is 9.59 Å². The van der Waals surface area contributed by atoms with Crippen molar-refractivity contribution in [3.8, 4) is 0 Å². The highest BCUT2D eigenvalue weighted by molar-refractivity contribution is 7.16. The number of benzene rings is 1. The molecule has 0 radical (unpaired) electrons. The predicted molar refractivity (Wildman–Crippen MR) is 87.7 cm³/mol. The maximum Gasteiger partial charge on any atom is 0.224 e. The van der Waals surface area contributed by atoms with Crippen LogP contribution in [0.1, 0.15) is 34.6 Å². The number of carbonyl (C=O) groups is 2. The first kappa shape index (κ1) is 15.7. The fourth-order valence-corrected chi connectivity index (χ4v) is 3.27. The Morgan fingerprint density at radius 1 is 1.24 bits per heavy atom. The average Bonchev–Trinajstić information content (AvgIpc) is 2.90. The number of carbonyl (C=O) groups excluding carboxylic acids is 2. The first-order valence-corrected chi connectivity index (χ1v) is 7.81. The van der Waals surface area contributed by atoms with Crippen LogP contribution in [0.3, 0.4) is 0 Å². The minimum Gasteiger partial charge on any atom is -0.307 e. The number of ketones is 1. The SMILES string of the molecule is CCc1cc(C(=O)c2ccccc2Cl)c(N(C)C(C)=O)s1. The first-order chi connectivity index (χ1) is 9.95. The summed E-state index contributed by atoms with van der Waals surface area (Å²) in [5, 5.41) is 1.09. The Morgan fingerprint density at radius 2 is 1.90 bits per heavy atom. The van der Waals surface area contributed by atoms with Gasteiger partial charge >= 0.3 is 0 Å². The molecule has 0 atom stereocenters. The Bertz CT molecular complexity index is 693. The van der Waals surface area contributed by atoms with Gasteiger partial charge in [0.1, 0.15) is 5.00 Å². The lowest BCUT2D eigenvalue weighted by molar-refractivity contribution is -0.116. The molecule has 0 unspecified atom stereocenters. The molecule has 5 heteroatoms. The molecular formula is C16H16ClNO2S. The van der Waals surface area contributed by atoms with Crippen LogP contribution in [0.15, 0.2) is 30.3 Å². The van der Waals surface area contributed by atoms with E-state index in [4.69, 9.17) is 11.6 Å². The molecular weight excluding hydrogens is 306 g/mol. The lowest BCUT2D eigenvalue weighted by Gasteiger charge is -2.14. The van der Waals surface area contributed by atoms with E-state index in [1.54, 1.807) is 31.3 Å². The second-order valence-electron chi connectivity index (χ2n) is 4.67. The number of anilines is 1. The summed E-state index contributed by atoms with van der Waals surface area (Å²) in [6, 6.07) is 8.81. The van der Waals surface area contributed by atoms with Crippen LogP contribution in [0.25, 0.3) is 0 Å². The molecule has 0 bridgehead atoms. The molecule has 2 aromatic rings. The van der Waals surface area contributed by atoms with Crippen LogP contribution in [0, 0.1) is 0 Å². The summed E-state index contributed by atoms with van der Waals surface area (Å²) >= 11 is 7.57. The number of thiophene rings is 1. The van der Waals surface area contributed by atoms with Crippen molar-refractivity contribution in [2.75, 3.05) is 11.9 Å². The highest BCUT2D eigenvalue weighted by atomic mass is 35.5. The van der Waals surface area contributed by atoms with Gasteiger partial charge in [-0.05, 0) is 24.6 Å². The van der Waals surface area contributed by atoms with Crippen LogP contribution in [-0.4, -0.2) is 18.7 Å². The van der Waals surface area contributed by atoms with Gasteiger partial charge in [0, 0.05) is 24.4 Å². The van der Waals surface area contributed by atoms with Crippen LogP contribution >= 0.6 is 22.9 Å². The molecule has 0 aliphatic carbocycles. The van der Waals surface area contributed by atoms with E-state index in [0.717, 1.165) is 11.3 Å².